The summed E-state index contributed by atoms with van der Waals surface area (Å²) >= 11 is 3.12. The number of aromatic nitrogens is 2. The second-order valence-electron chi connectivity index (χ2n) is 5.41. The number of nitrogens with zero attached hydrogens (tertiary/aromatic N) is 3. The number of piperazine rings is 1. The number of benzene rings is 1. The van der Waals surface area contributed by atoms with E-state index < -0.39 is 11.6 Å². The molecule has 1 aromatic heterocycles. The molecule has 4 nitrogen and oxygen atoms in total. The van der Waals surface area contributed by atoms with E-state index in [1.54, 1.807) is 6.20 Å². The molecular weight excluding hydrogens is 390 g/mol. The van der Waals surface area contributed by atoms with Crippen molar-refractivity contribution in [2.24, 2.45) is 7.05 Å². The molecule has 0 saturated carbocycles. The Balaban J connectivity index is 0.00000192. The topological polar surface area (TPSA) is 33.1 Å². The fraction of sp³-hybridized carbons (Fsp3) is 0.400. The van der Waals surface area contributed by atoms with Crippen molar-refractivity contribution in [1.82, 2.24) is 19.8 Å². The SMILES string of the molecule is Cl.Cn1ccnc1C1CNCCN1Cc1c(F)ccc(Br)c1F. The van der Waals surface area contributed by atoms with Crippen molar-refractivity contribution >= 4 is 28.3 Å². The zero-order valence-corrected chi connectivity index (χ0v) is 15.0. The first-order valence-electron chi connectivity index (χ1n) is 7.12. The Bertz CT molecular complexity index is 679. The molecule has 0 radical (unpaired) electrons. The third kappa shape index (κ3) is 3.74. The first-order chi connectivity index (χ1) is 10.6. The van der Waals surface area contributed by atoms with Gasteiger partial charge in [0.1, 0.15) is 17.5 Å². The van der Waals surface area contributed by atoms with E-state index in [0.717, 1.165) is 12.4 Å². The maximum absolute atomic E-state index is 14.2. The Hall–Kier alpha value is -1.02. The summed E-state index contributed by atoms with van der Waals surface area (Å²) in [7, 11) is 1.93. The maximum Gasteiger partial charge on any atom is 0.144 e. The van der Waals surface area contributed by atoms with Crippen LogP contribution in [-0.4, -0.2) is 34.1 Å². The van der Waals surface area contributed by atoms with E-state index in [1.165, 1.54) is 12.1 Å². The van der Waals surface area contributed by atoms with E-state index in [2.05, 4.69) is 31.1 Å². The van der Waals surface area contributed by atoms with Crippen molar-refractivity contribution in [1.29, 1.82) is 0 Å². The van der Waals surface area contributed by atoms with E-state index in [1.807, 2.05) is 17.8 Å². The molecule has 1 aliphatic heterocycles. The van der Waals surface area contributed by atoms with E-state index in [4.69, 9.17) is 0 Å². The number of rotatable bonds is 3. The molecular formula is C15H18BrClF2N4. The van der Waals surface area contributed by atoms with Gasteiger partial charge in [-0.3, -0.25) is 4.90 Å². The van der Waals surface area contributed by atoms with Gasteiger partial charge in [-0.05, 0) is 28.1 Å². The Morgan fingerprint density at radius 2 is 2.17 bits per heavy atom. The number of imidazole rings is 1. The predicted octanol–water partition coefficient (Wildman–Crippen LogP) is 3.03. The minimum atomic E-state index is -0.530. The van der Waals surface area contributed by atoms with Gasteiger partial charge >= 0.3 is 0 Å². The molecule has 1 aromatic carbocycles. The van der Waals surface area contributed by atoms with Crippen LogP contribution in [0.5, 0.6) is 0 Å². The van der Waals surface area contributed by atoms with E-state index in [-0.39, 0.29) is 35.0 Å². The molecule has 1 saturated heterocycles. The van der Waals surface area contributed by atoms with Crippen molar-refractivity contribution in [2.45, 2.75) is 12.6 Å². The lowest BCUT2D eigenvalue weighted by Crippen LogP contribution is -2.46. The average molecular weight is 408 g/mol. The first-order valence-corrected chi connectivity index (χ1v) is 7.91. The highest BCUT2D eigenvalue weighted by Crippen LogP contribution is 2.27. The molecule has 1 unspecified atom stereocenters. The quantitative estimate of drug-likeness (QED) is 0.794. The highest BCUT2D eigenvalue weighted by Gasteiger charge is 2.28. The second kappa shape index (κ2) is 7.70. The van der Waals surface area contributed by atoms with Crippen LogP contribution in [0, 0.1) is 11.6 Å². The van der Waals surface area contributed by atoms with Crippen LogP contribution >= 0.6 is 28.3 Å². The predicted molar refractivity (Wildman–Crippen MR) is 90.5 cm³/mol. The fourth-order valence-electron chi connectivity index (χ4n) is 2.81. The van der Waals surface area contributed by atoms with E-state index in [9.17, 15) is 8.78 Å². The van der Waals surface area contributed by atoms with Crippen LogP contribution in [0.1, 0.15) is 17.4 Å². The molecule has 2 heterocycles. The van der Waals surface area contributed by atoms with Gasteiger partial charge < -0.3 is 9.88 Å². The van der Waals surface area contributed by atoms with Gasteiger partial charge in [0.25, 0.3) is 0 Å². The van der Waals surface area contributed by atoms with Crippen molar-refractivity contribution in [2.75, 3.05) is 19.6 Å². The molecule has 23 heavy (non-hydrogen) atoms. The number of hydrogen-bond donors (Lipinski definition) is 1. The van der Waals surface area contributed by atoms with Gasteiger partial charge in [0.05, 0.1) is 10.5 Å². The summed E-state index contributed by atoms with van der Waals surface area (Å²) in [6.07, 6.45) is 3.62. The lowest BCUT2D eigenvalue weighted by atomic mass is 10.1. The van der Waals surface area contributed by atoms with E-state index >= 15 is 0 Å². The van der Waals surface area contributed by atoms with Gasteiger partial charge in [0.2, 0.25) is 0 Å². The molecule has 0 aliphatic carbocycles. The van der Waals surface area contributed by atoms with E-state index in [0.29, 0.717) is 13.1 Å². The Kier molecular flexibility index (Phi) is 6.13. The van der Waals surface area contributed by atoms with Crippen molar-refractivity contribution in [3.63, 3.8) is 0 Å². The van der Waals surface area contributed by atoms with Crippen molar-refractivity contribution in [3.05, 3.63) is 52.0 Å². The maximum atomic E-state index is 14.2. The summed E-state index contributed by atoms with van der Waals surface area (Å²) in [5, 5.41) is 3.31. The molecule has 0 spiro atoms. The monoisotopic (exact) mass is 406 g/mol. The highest BCUT2D eigenvalue weighted by atomic mass is 79.9. The third-order valence-electron chi connectivity index (χ3n) is 4.01. The third-order valence-corrected chi connectivity index (χ3v) is 4.62. The van der Waals surface area contributed by atoms with Crippen LogP contribution < -0.4 is 5.32 Å². The zero-order valence-electron chi connectivity index (χ0n) is 12.6. The van der Waals surface area contributed by atoms with Gasteiger partial charge in [-0.25, -0.2) is 13.8 Å². The van der Waals surface area contributed by atoms with Crippen LogP contribution in [0.3, 0.4) is 0 Å². The van der Waals surface area contributed by atoms with Crippen LogP contribution in [0.2, 0.25) is 0 Å². The summed E-state index contributed by atoms with van der Waals surface area (Å²) in [4.78, 5) is 6.44. The Morgan fingerprint density at radius 3 is 2.87 bits per heavy atom. The zero-order chi connectivity index (χ0) is 15.7. The summed E-state index contributed by atoms with van der Waals surface area (Å²) in [5.74, 6) is -0.155. The summed E-state index contributed by atoms with van der Waals surface area (Å²) in [6.45, 7) is 2.43. The molecule has 1 atom stereocenters. The van der Waals surface area contributed by atoms with Gasteiger partial charge in [-0.2, -0.15) is 0 Å². The molecule has 8 heteroatoms. The standard InChI is InChI=1S/C15H17BrF2N4.ClH/c1-21-6-5-20-15(21)13-8-19-4-7-22(13)9-10-12(17)3-2-11(16)14(10)18;/h2-3,5-6,13,19H,4,7-9H2,1H3;1H. The van der Waals surface area contributed by atoms with Gasteiger partial charge in [0, 0.05) is 51.2 Å². The molecule has 2 aromatic rings. The van der Waals surface area contributed by atoms with Gasteiger partial charge in [-0.15, -0.1) is 12.4 Å². The van der Waals surface area contributed by atoms with Crippen LogP contribution in [0.15, 0.2) is 29.0 Å². The lowest BCUT2D eigenvalue weighted by molar-refractivity contribution is 0.141. The number of hydrogen-bond acceptors (Lipinski definition) is 3. The van der Waals surface area contributed by atoms with Crippen LogP contribution in [-0.2, 0) is 13.6 Å². The minimum Gasteiger partial charge on any atom is -0.337 e. The molecule has 1 aliphatic rings. The van der Waals surface area contributed by atoms with Crippen molar-refractivity contribution in [3.8, 4) is 0 Å². The van der Waals surface area contributed by atoms with Crippen LogP contribution in [0.25, 0.3) is 0 Å². The normalized spacial score (nSPS) is 18.7. The molecule has 0 bridgehead atoms. The van der Waals surface area contributed by atoms with Crippen LogP contribution in [0.4, 0.5) is 8.78 Å². The minimum absolute atomic E-state index is 0. The smallest absolute Gasteiger partial charge is 0.144 e. The summed E-state index contributed by atoms with van der Waals surface area (Å²) in [6, 6.07) is 2.68. The largest absolute Gasteiger partial charge is 0.337 e. The summed E-state index contributed by atoms with van der Waals surface area (Å²) in [5.41, 5.74) is 0.0930. The highest BCUT2D eigenvalue weighted by molar-refractivity contribution is 9.10. The summed E-state index contributed by atoms with van der Waals surface area (Å²) < 4.78 is 30.5. The average Bonchev–Trinajstić information content (AvgIpc) is 2.94. The molecule has 1 N–H and O–H groups in total. The number of nitrogens with one attached hydrogen (secondary N) is 1. The Labute approximate surface area is 148 Å². The second-order valence-corrected chi connectivity index (χ2v) is 6.26. The van der Waals surface area contributed by atoms with Crippen molar-refractivity contribution < 1.29 is 8.78 Å². The molecule has 1 fully saturated rings. The molecule has 126 valence electrons. The number of halogens is 4. The Morgan fingerprint density at radius 1 is 1.39 bits per heavy atom. The van der Waals surface area contributed by atoms with Gasteiger partial charge in [-0.1, -0.05) is 0 Å². The fourth-order valence-corrected chi connectivity index (χ4v) is 3.18. The first kappa shape index (κ1) is 18.3. The lowest BCUT2D eigenvalue weighted by Gasteiger charge is -2.35. The molecule has 3 rings (SSSR count). The molecule has 0 amide bonds. The number of aryl methyl sites for hydroxylation is 1. The van der Waals surface area contributed by atoms with Gasteiger partial charge in [0.15, 0.2) is 0 Å².